The fraction of sp³-hybridized carbons (Fsp3) is 0.462. The van der Waals surface area contributed by atoms with Crippen LogP contribution in [0.4, 0.5) is 5.69 Å². The molecule has 17 heavy (non-hydrogen) atoms. The van der Waals surface area contributed by atoms with Crippen molar-refractivity contribution in [2.24, 2.45) is 0 Å². The normalized spacial score (nSPS) is 17.3. The summed E-state index contributed by atoms with van der Waals surface area (Å²) in [5, 5.41) is 12.6. The molecule has 1 aliphatic rings. The summed E-state index contributed by atoms with van der Waals surface area (Å²) < 4.78 is 0. The number of aryl methyl sites for hydroxylation is 1. The first kappa shape index (κ1) is 11.9. The third-order valence-electron chi connectivity index (χ3n) is 3.32. The molecule has 0 saturated heterocycles. The number of aliphatic hydroxyl groups is 1. The number of hydrogen-bond donors (Lipinski definition) is 3. The minimum Gasteiger partial charge on any atom is -0.398 e. The predicted octanol–water partition coefficient (Wildman–Crippen LogP) is 1.22. The van der Waals surface area contributed by atoms with Gasteiger partial charge in [-0.15, -0.1) is 0 Å². The van der Waals surface area contributed by atoms with E-state index in [1.807, 2.05) is 13.0 Å². The zero-order valence-electron chi connectivity index (χ0n) is 9.99. The van der Waals surface area contributed by atoms with Gasteiger partial charge in [0.25, 0.3) is 5.91 Å². The molecule has 0 unspecified atom stereocenters. The monoisotopic (exact) mass is 234 g/mol. The number of amides is 1. The molecule has 1 aliphatic carbocycles. The summed E-state index contributed by atoms with van der Waals surface area (Å²) in [5.41, 5.74) is 6.99. The highest BCUT2D eigenvalue weighted by Gasteiger charge is 2.34. The van der Waals surface area contributed by atoms with E-state index in [9.17, 15) is 9.90 Å². The van der Waals surface area contributed by atoms with Gasteiger partial charge in [0, 0.05) is 12.2 Å². The van der Waals surface area contributed by atoms with Gasteiger partial charge >= 0.3 is 0 Å². The van der Waals surface area contributed by atoms with Gasteiger partial charge < -0.3 is 16.2 Å². The first-order valence-electron chi connectivity index (χ1n) is 5.87. The Hall–Kier alpha value is -1.55. The zero-order chi connectivity index (χ0) is 12.5. The van der Waals surface area contributed by atoms with Crippen molar-refractivity contribution in [2.45, 2.75) is 31.8 Å². The first-order chi connectivity index (χ1) is 8.00. The van der Waals surface area contributed by atoms with Crippen molar-refractivity contribution in [3.8, 4) is 0 Å². The number of hydrogen-bond acceptors (Lipinski definition) is 3. The van der Waals surface area contributed by atoms with Crippen LogP contribution >= 0.6 is 0 Å². The van der Waals surface area contributed by atoms with Gasteiger partial charge in [0.1, 0.15) is 0 Å². The summed E-state index contributed by atoms with van der Waals surface area (Å²) in [4.78, 5) is 11.9. The average molecular weight is 234 g/mol. The summed E-state index contributed by atoms with van der Waals surface area (Å²) in [6.07, 6.45) is 2.55. The number of carbonyl (C=O) groups is 1. The second kappa shape index (κ2) is 4.37. The van der Waals surface area contributed by atoms with Gasteiger partial charge in [-0.2, -0.15) is 0 Å². The number of nitrogen functional groups attached to an aromatic ring is 1. The molecule has 1 aromatic carbocycles. The van der Waals surface area contributed by atoms with E-state index >= 15 is 0 Å². The largest absolute Gasteiger partial charge is 0.398 e. The van der Waals surface area contributed by atoms with E-state index in [0.717, 1.165) is 24.8 Å². The molecule has 1 amide bonds. The van der Waals surface area contributed by atoms with Crippen LogP contribution < -0.4 is 11.1 Å². The molecule has 0 bridgehead atoms. The minimum absolute atomic E-state index is 0.216. The number of anilines is 1. The second-order valence-corrected chi connectivity index (χ2v) is 4.85. The standard InChI is InChI=1S/C13H18N2O2/c1-9-3-4-11(14)10(7-9)12(16)15-8-13(17)5-2-6-13/h3-4,7,17H,2,5-6,8,14H2,1H3,(H,15,16). The number of nitrogens with two attached hydrogens (primary N) is 1. The molecule has 0 spiro atoms. The van der Waals surface area contributed by atoms with Crippen LogP contribution in [0.5, 0.6) is 0 Å². The number of benzene rings is 1. The topological polar surface area (TPSA) is 75.4 Å². The third kappa shape index (κ3) is 2.58. The summed E-state index contributed by atoms with van der Waals surface area (Å²) in [6, 6.07) is 5.35. The fourth-order valence-electron chi connectivity index (χ4n) is 1.97. The smallest absolute Gasteiger partial charge is 0.253 e. The molecule has 0 aromatic heterocycles. The van der Waals surface area contributed by atoms with Gasteiger partial charge in [-0.05, 0) is 38.3 Å². The lowest BCUT2D eigenvalue weighted by Crippen LogP contribution is -2.47. The highest BCUT2D eigenvalue weighted by molar-refractivity contribution is 5.99. The van der Waals surface area contributed by atoms with Crippen molar-refractivity contribution in [3.63, 3.8) is 0 Å². The summed E-state index contributed by atoms with van der Waals surface area (Å²) in [7, 11) is 0. The molecule has 0 radical (unpaired) electrons. The molecule has 4 N–H and O–H groups in total. The van der Waals surface area contributed by atoms with Gasteiger partial charge in [0.05, 0.1) is 11.2 Å². The van der Waals surface area contributed by atoms with E-state index < -0.39 is 5.60 Å². The number of carbonyl (C=O) groups excluding carboxylic acids is 1. The van der Waals surface area contributed by atoms with E-state index in [-0.39, 0.29) is 5.91 Å². The van der Waals surface area contributed by atoms with E-state index in [1.54, 1.807) is 12.1 Å². The van der Waals surface area contributed by atoms with Crippen molar-refractivity contribution in [1.82, 2.24) is 5.32 Å². The lowest BCUT2D eigenvalue weighted by molar-refractivity contribution is -0.0300. The lowest BCUT2D eigenvalue weighted by Gasteiger charge is -2.36. The van der Waals surface area contributed by atoms with Crippen LogP contribution in [0.25, 0.3) is 0 Å². The highest BCUT2D eigenvalue weighted by Crippen LogP contribution is 2.30. The Kier molecular flexibility index (Phi) is 3.07. The maximum absolute atomic E-state index is 11.9. The van der Waals surface area contributed by atoms with Crippen molar-refractivity contribution in [3.05, 3.63) is 29.3 Å². The van der Waals surface area contributed by atoms with Crippen molar-refractivity contribution in [1.29, 1.82) is 0 Å². The van der Waals surface area contributed by atoms with Gasteiger partial charge in [0.15, 0.2) is 0 Å². The first-order valence-corrected chi connectivity index (χ1v) is 5.87. The molecular formula is C13H18N2O2. The average Bonchev–Trinajstić information content (AvgIpc) is 2.26. The molecule has 0 heterocycles. The van der Waals surface area contributed by atoms with E-state index in [1.165, 1.54) is 0 Å². The Morgan fingerprint density at radius 2 is 2.24 bits per heavy atom. The molecule has 4 nitrogen and oxygen atoms in total. The Bertz CT molecular complexity index is 439. The molecule has 0 atom stereocenters. The number of rotatable bonds is 3. The van der Waals surface area contributed by atoms with Gasteiger partial charge in [-0.25, -0.2) is 0 Å². The van der Waals surface area contributed by atoms with Crippen LogP contribution in [0.3, 0.4) is 0 Å². The van der Waals surface area contributed by atoms with Gasteiger partial charge in [0.2, 0.25) is 0 Å². The fourth-order valence-corrected chi connectivity index (χ4v) is 1.97. The third-order valence-corrected chi connectivity index (χ3v) is 3.32. The molecule has 4 heteroatoms. The highest BCUT2D eigenvalue weighted by atomic mass is 16.3. The predicted molar refractivity (Wildman–Crippen MR) is 66.7 cm³/mol. The lowest BCUT2D eigenvalue weighted by atomic mass is 9.80. The van der Waals surface area contributed by atoms with E-state index in [0.29, 0.717) is 17.8 Å². The molecular weight excluding hydrogens is 216 g/mol. The molecule has 0 aliphatic heterocycles. The molecule has 1 fully saturated rings. The zero-order valence-corrected chi connectivity index (χ0v) is 9.99. The van der Waals surface area contributed by atoms with Crippen LogP contribution in [0.2, 0.25) is 0 Å². The minimum atomic E-state index is -0.700. The van der Waals surface area contributed by atoms with Crippen molar-refractivity contribution in [2.75, 3.05) is 12.3 Å². The second-order valence-electron chi connectivity index (χ2n) is 4.85. The van der Waals surface area contributed by atoms with E-state index in [2.05, 4.69) is 5.32 Å². The Balaban J connectivity index is 2.01. The maximum atomic E-state index is 11.9. The van der Waals surface area contributed by atoms with Crippen LogP contribution in [0, 0.1) is 6.92 Å². The summed E-state index contributed by atoms with van der Waals surface area (Å²) in [5.74, 6) is -0.216. The Labute approximate surface area is 101 Å². The maximum Gasteiger partial charge on any atom is 0.253 e. The summed E-state index contributed by atoms with van der Waals surface area (Å²) in [6.45, 7) is 2.22. The molecule has 1 aromatic rings. The quantitative estimate of drug-likeness (QED) is 0.688. The van der Waals surface area contributed by atoms with Crippen molar-refractivity contribution < 1.29 is 9.90 Å². The molecule has 1 saturated carbocycles. The molecule has 2 rings (SSSR count). The van der Waals surface area contributed by atoms with Crippen LogP contribution in [0.15, 0.2) is 18.2 Å². The number of nitrogens with one attached hydrogen (secondary N) is 1. The SMILES string of the molecule is Cc1ccc(N)c(C(=O)NCC2(O)CCC2)c1. The summed E-state index contributed by atoms with van der Waals surface area (Å²) >= 11 is 0. The Morgan fingerprint density at radius 1 is 1.53 bits per heavy atom. The van der Waals surface area contributed by atoms with Crippen LogP contribution in [0.1, 0.15) is 35.2 Å². The van der Waals surface area contributed by atoms with Crippen LogP contribution in [-0.4, -0.2) is 23.2 Å². The molecule has 92 valence electrons. The Morgan fingerprint density at radius 3 is 2.82 bits per heavy atom. The van der Waals surface area contributed by atoms with Gasteiger partial charge in [-0.1, -0.05) is 11.6 Å². The van der Waals surface area contributed by atoms with Gasteiger partial charge in [-0.3, -0.25) is 4.79 Å². The van der Waals surface area contributed by atoms with E-state index in [4.69, 9.17) is 5.73 Å². The van der Waals surface area contributed by atoms with Crippen LogP contribution in [-0.2, 0) is 0 Å². The van der Waals surface area contributed by atoms with Crippen molar-refractivity contribution >= 4 is 11.6 Å².